The highest BCUT2D eigenvalue weighted by molar-refractivity contribution is 14.1. The summed E-state index contributed by atoms with van der Waals surface area (Å²) in [6.45, 7) is 0. The molecule has 0 aliphatic carbocycles. The molecule has 3 nitrogen and oxygen atoms in total. The average molecular weight is 382 g/mol. The summed E-state index contributed by atoms with van der Waals surface area (Å²) in [5, 5.41) is 0. The Balaban J connectivity index is 2.20. The van der Waals surface area contributed by atoms with Gasteiger partial charge in [-0.25, -0.2) is 0 Å². The maximum Gasteiger partial charge on any atom is 0.170 e. The van der Waals surface area contributed by atoms with Crippen LogP contribution in [-0.4, -0.2) is 20.0 Å². The summed E-state index contributed by atoms with van der Waals surface area (Å²) in [6, 6.07) is 13.1. The second-order valence-corrected chi connectivity index (χ2v) is 5.54. The molecule has 0 heterocycles. The Hall–Kier alpha value is -1.56. The van der Waals surface area contributed by atoms with E-state index in [2.05, 4.69) is 22.6 Å². The summed E-state index contributed by atoms with van der Waals surface area (Å²) in [4.78, 5) is 12.4. The number of methoxy groups -OCH3 is 2. The summed E-state index contributed by atoms with van der Waals surface area (Å²) in [7, 11) is 3.20. The first-order chi connectivity index (χ1) is 9.63. The Morgan fingerprint density at radius 3 is 2.35 bits per heavy atom. The van der Waals surface area contributed by atoms with Gasteiger partial charge in [0.25, 0.3) is 0 Å². The normalized spacial score (nSPS) is 10.2. The predicted octanol–water partition coefficient (Wildman–Crippen LogP) is 3.73. The minimum absolute atomic E-state index is 0.0468. The molecule has 0 bridgehead atoms. The molecule has 0 aromatic heterocycles. The molecular formula is C16H15IO3. The number of carbonyl (C=O) groups is 1. The van der Waals surface area contributed by atoms with Crippen molar-refractivity contribution >= 4 is 28.4 Å². The fourth-order valence-corrected chi connectivity index (χ4v) is 2.41. The van der Waals surface area contributed by atoms with Crippen LogP contribution in [0.3, 0.4) is 0 Å². The van der Waals surface area contributed by atoms with E-state index in [1.165, 1.54) is 0 Å². The third-order valence-corrected chi connectivity index (χ3v) is 3.66. The van der Waals surface area contributed by atoms with Crippen LogP contribution in [0.25, 0.3) is 0 Å². The standard InChI is InChI=1S/C16H15IO3/c1-19-13-6-3-11(4-7-13)9-15(18)14-10-12(17)5-8-16(14)20-2/h3-8,10H,9H2,1-2H3. The van der Waals surface area contributed by atoms with Crippen LogP contribution in [0.5, 0.6) is 11.5 Å². The van der Waals surface area contributed by atoms with E-state index in [1.54, 1.807) is 14.2 Å². The summed E-state index contributed by atoms with van der Waals surface area (Å²) in [6.07, 6.45) is 0.348. The van der Waals surface area contributed by atoms with Crippen molar-refractivity contribution in [3.05, 3.63) is 57.2 Å². The van der Waals surface area contributed by atoms with Gasteiger partial charge >= 0.3 is 0 Å². The number of hydrogen-bond donors (Lipinski definition) is 0. The Labute approximate surface area is 132 Å². The number of benzene rings is 2. The number of hydrogen-bond acceptors (Lipinski definition) is 3. The van der Waals surface area contributed by atoms with Gasteiger partial charge in [0.15, 0.2) is 5.78 Å². The third kappa shape index (κ3) is 3.50. The van der Waals surface area contributed by atoms with Crippen molar-refractivity contribution in [1.82, 2.24) is 0 Å². The van der Waals surface area contributed by atoms with Gasteiger partial charge in [-0.15, -0.1) is 0 Å². The number of rotatable bonds is 5. The monoisotopic (exact) mass is 382 g/mol. The molecule has 104 valence electrons. The Morgan fingerprint density at radius 2 is 1.75 bits per heavy atom. The molecule has 0 aliphatic heterocycles. The molecule has 0 N–H and O–H groups in total. The molecule has 2 rings (SSSR count). The Bertz CT molecular complexity index is 606. The van der Waals surface area contributed by atoms with Crippen molar-refractivity contribution in [2.24, 2.45) is 0 Å². The number of halogens is 1. The molecule has 0 spiro atoms. The highest BCUT2D eigenvalue weighted by Crippen LogP contribution is 2.23. The lowest BCUT2D eigenvalue weighted by Gasteiger charge is -2.08. The first kappa shape index (κ1) is 14.8. The minimum Gasteiger partial charge on any atom is -0.497 e. The average Bonchev–Trinajstić information content (AvgIpc) is 2.48. The highest BCUT2D eigenvalue weighted by Gasteiger charge is 2.13. The van der Waals surface area contributed by atoms with E-state index < -0.39 is 0 Å². The fraction of sp³-hybridized carbons (Fsp3) is 0.188. The maximum absolute atomic E-state index is 12.4. The van der Waals surface area contributed by atoms with Crippen molar-refractivity contribution in [2.75, 3.05) is 14.2 Å². The van der Waals surface area contributed by atoms with Gasteiger partial charge in [-0.3, -0.25) is 4.79 Å². The van der Waals surface area contributed by atoms with Crippen LogP contribution in [-0.2, 0) is 6.42 Å². The summed E-state index contributed by atoms with van der Waals surface area (Å²) in [5.41, 5.74) is 1.58. The molecule has 0 saturated heterocycles. The topological polar surface area (TPSA) is 35.5 Å². The molecule has 0 amide bonds. The van der Waals surface area contributed by atoms with Gasteiger partial charge in [-0.2, -0.15) is 0 Å². The molecule has 0 saturated carbocycles. The zero-order valence-electron chi connectivity index (χ0n) is 11.4. The van der Waals surface area contributed by atoms with Crippen molar-refractivity contribution < 1.29 is 14.3 Å². The van der Waals surface area contributed by atoms with Crippen LogP contribution in [0, 0.1) is 3.57 Å². The molecule has 2 aromatic rings. The highest BCUT2D eigenvalue weighted by atomic mass is 127. The van der Waals surface area contributed by atoms with Crippen molar-refractivity contribution in [3.63, 3.8) is 0 Å². The Morgan fingerprint density at radius 1 is 1.05 bits per heavy atom. The molecule has 0 radical (unpaired) electrons. The summed E-state index contributed by atoms with van der Waals surface area (Å²) >= 11 is 2.19. The molecule has 0 atom stereocenters. The van der Waals surface area contributed by atoms with Crippen LogP contribution in [0.15, 0.2) is 42.5 Å². The number of ether oxygens (including phenoxy) is 2. The molecule has 20 heavy (non-hydrogen) atoms. The van der Waals surface area contributed by atoms with Crippen LogP contribution < -0.4 is 9.47 Å². The second-order valence-electron chi connectivity index (χ2n) is 4.29. The van der Waals surface area contributed by atoms with Crippen LogP contribution >= 0.6 is 22.6 Å². The largest absolute Gasteiger partial charge is 0.497 e. The lowest BCUT2D eigenvalue weighted by atomic mass is 10.0. The third-order valence-electron chi connectivity index (χ3n) is 2.99. The van der Waals surface area contributed by atoms with Crippen LogP contribution in [0.2, 0.25) is 0 Å². The maximum atomic E-state index is 12.4. The zero-order chi connectivity index (χ0) is 14.5. The van der Waals surface area contributed by atoms with Crippen molar-refractivity contribution in [2.45, 2.75) is 6.42 Å². The smallest absolute Gasteiger partial charge is 0.170 e. The SMILES string of the molecule is COc1ccc(CC(=O)c2cc(I)ccc2OC)cc1. The predicted molar refractivity (Wildman–Crippen MR) is 86.7 cm³/mol. The van der Waals surface area contributed by atoms with Gasteiger partial charge in [0.1, 0.15) is 11.5 Å². The van der Waals surface area contributed by atoms with E-state index in [0.717, 1.165) is 14.9 Å². The van der Waals surface area contributed by atoms with E-state index in [0.29, 0.717) is 17.7 Å². The molecule has 2 aromatic carbocycles. The molecule has 0 aliphatic rings. The van der Waals surface area contributed by atoms with Gasteiger partial charge in [0.05, 0.1) is 19.8 Å². The number of ketones is 1. The lowest BCUT2D eigenvalue weighted by Crippen LogP contribution is -2.06. The van der Waals surface area contributed by atoms with Gasteiger partial charge in [0.2, 0.25) is 0 Å². The zero-order valence-corrected chi connectivity index (χ0v) is 13.5. The van der Waals surface area contributed by atoms with E-state index in [1.807, 2.05) is 42.5 Å². The minimum atomic E-state index is 0.0468. The Kier molecular flexibility index (Phi) is 5.00. The van der Waals surface area contributed by atoms with Gasteiger partial charge in [0, 0.05) is 9.99 Å². The molecule has 4 heteroatoms. The quantitative estimate of drug-likeness (QED) is 0.584. The lowest BCUT2D eigenvalue weighted by molar-refractivity contribution is 0.0990. The fourth-order valence-electron chi connectivity index (χ4n) is 1.92. The first-order valence-electron chi connectivity index (χ1n) is 6.13. The van der Waals surface area contributed by atoms with Crippen molar-refractivity contribution in [1.29, 1.82) is 0 Å². The summed E-state index contributed by atoms with van der Waals surface area (Å²) < 4.78 is 11.4. The molecule has 0 unspecified atom stereocenters. The number of Topliss-reactive ketones (excluding diaryl/α,β-unsaturated/α-hetero) is 1. The first-order valence-corrected chi connectivity index (χ1v) is 7.21. The van der Waals surface area contributed by atoms with E-state index >= 15 is 0 Å². The summed E-state index contributed by atoms with van der Waals surface area (Å²) in [5.74, 6) is 1.45. The van der Waals surface area contributed by atoms with E-state index in [9.17, 15) is 4.79 Å². The van der Waals surface area contributed by atoms with Crippen molar-refractivity contribution in [3.8, 4) is 11.5 Å². The van der Waals surface area contributed by atoms with Crippen LogP contribution in [0.4, 0.5) is 0 Å². The second kappa shape index (κ2) is 6.74. The van der Waals surface area contributed by atoms with E-state index in [4.69, 9.17) is 9.47 Å². The van der Waals surface area contributed by atoms with Gasteiger partial charge in [-0.05, 0) is 58.5 Å². The van der Waals surface area contributed by atoms with Gasteiger partial charge < -0.3 is 9.47 Å². The van der Waals surface area contributed by atoms with Gasteiger partial charge in [-0.1, -0.05) is 12.1 Å². The molecule has 0 fully saturated rings. The molecular weight excluding hydrogens is 367 g/mol. The van der Waals surface area contributed by atoms with Crippen LogP contribution in [0.1, 0.15) is 15.9 Å². The number of carbonyl (C=O) groups excluding carboxylic acids is 1. The van der Waals surface area contributed by atoms with E-state index in [-0.39, 0.29) is 5.78 Å².